The van der Waals surface area contributed by atoms with Crippen LogP contribution in [0.25, 0.3) is 16.9 Å². The largest absolute Gasteiger partial charge is 0.507 e. The van der Waals surface area contributed by atoms with Crippen LogP contribution in [0.15, 0.2) is 66.9 Å². The van der Waals surface area contributed by atoms with Gasteiger partial charge in [0.15, 0.2) is 5.65 Å². The second kappa shape index (κ2) is 11.1. The summed E-state index contributed by atoms with van der Waals surface area (Å²) in [7, 11) is 6.17. The Morgan fingerprint density at radius 1 is 1.05 bits per heavy atom. The molecule has 2 fully saturated rings. The van der Waals surface area contributed by atoms with Gasteiger partial charge in [-0.05, 0) is 60.7 Å². The maximum Gasteiger partial charge on any atom is 0.230 e. The van der Waals surface area contributed by atoms with Crippen LogP contribution < -0.4 is 10.8 Å². The van der Waals surface area contributed by atoms with Gasteiger partial charge in [0.1, 0.15) is 19.4 Å². The van der Waals surface area contributed by atoms with Crippen LogP contribution in [0.3, 0.4) is 0 Å². The lowest BCUT2D eigenvalue weighted by molar-refractivity contribution is -0.135. The summed E-state index contributed by atoms with van der Waals surface area (Å²) < 4.78 is 1.70. The number of piperidine rings is 1. The highest BCUT2D eigenvalue weighted by atomic mass is 16.3. The van der Waals surface area contributed by atoms with Gasteiger partial charge in [-0.25, -0.2) is 4.98 Å². The number of phenolic OH excluding ortho intramolecular Hbond substituents is 1. The second-order valence-electron chi connectivity index (χ2n) is 11.0. The van der Waals surface area contributed by atoms with Crippen LogP contribution in [0, 0.1) is 11.8 Å². The number of aromatic nitrogens is 3. The third kappa shape index (κ3) is 5.25. The maximum absolute atomic E-state index is 14.0. The fraction of sp³-hybridized carbons (Fsp3) is 0.387. The van der Waals surface area contributed by atoms with Gasteiger partial charge in [-0.1, -0.05) is 55.3 Å². The first-order chi connectivity index (χ1) is 19.1. The highest BCUT2D eigenvalue weighted by Gasteiger charge is 2.36. The number of carbonyl (C=O) groups excluding carboxylic acids is 1. The van der Waals surface area contributed by atoms with E-state index >= 15 is 0 Å². The van der Waals surface area contributed by atoms with Crippen molar-refractivity contribution < 1.29 is 9.90 Å². The molecule has 1 saturated carbocycles. The quantitative estimate of drug-likeness (QED) is 0.351. The first kappa shape index (κ1) is 25.5. The topological polar surface area (TPSA) is 82.8 Å². The average molecular weight is 519 g/mol. The van der Waals surface area contributed by atoms with Crippen molar-refractivity contribution in [3.05, 3.63) is 72.4 Å². The molecule has 2 unspecified atom stereocenters. The number of nitrogens with zero attached hydrogens (tertiary/aromatic N) is 4. The number of likely N-dealkylation sites (tertiary alicyclic amines) is 1. The molecule has 3 heterocycles. The molecule has 2 N–H and O–H groups in total. The van der Waals surface area contributed by atoms with Crippen LogP contribution >= 0.6 is 0 Å². The van der Waals surface area contributed by atoms with E-state index < -0.39 is 0 Å². The summed E-state index contributed by atoms with van der Waals surface area (Å²) in [6, 6.07) is 19.4. The lowest BCUT2D eigenvalue weighted by Gasteiger charge is -2.37. The molecule has 39 heavy (non-hydrogen) atoms. The molecule has 198 valence electrons. The highest BCUT2D eigenvalue weighted by molar-refractivity contribution is 6.36. The Hall–Kier alpha value is -3.81. The van der Waals surface area contributed by atoms with E-state index in [1.807, 2.05) is 24.3 Å². The predicted molar refractivity (Wildman–Crippen MR) is 154 cm³/mol. The summed E-state index contributed by atoms with van der Waals surface area (Å²) >= 11 is 0. The minimum Gasteiger partial charge on any atom is -0.507 e. The summed E-state index contributed by atoms with van der Waals surface area (Å²) in [4.78, 5) is 20.7. The zero-order valence-electron chi connectivity index (χ0n) is 22.2. The third-order valence-electron chi connectivity index (χ3n) is 8.38. The van der Waals surface area contributed by atoms with E-state index in [0.717, 1.165) is 50.2 Å². The SMILES string of the molecule is [B]c1cnn2c(NCC3CCCN(C(=O)C(c4ccccc4)C4CCCC4)C3)cc(-c3ccccc3O)nc12. The van der Waals surface area contributed by atoms with E-state index in [-0.39, 0.29) is 17.6 Å². The van der Waals surface area contributed by atoms with Gasteiger partial charge in [0.05, 0.1) is 11.6 Å². The van der Waals surface area contributed by atoms with Gasteiger partial charge in [-0.2, -0.15) is 9.61 Å². The van der Waals surface area contributed by atoms with Crippen LogP contribution in [0.1, 0.15) is 50.0 Å². The summed E-state index contributed by atoms with van der Waals surface area (Å²) in [5.41, 5.74) is 3.43. The van der Waals surface area contributed by atoms with Gasteiger partial charge in [0.25, 0.3) is 0 Å². The molecule has 6 rings (SSSR count). The number of hydrogen-bond acceptors (Lipinski definition) is 5. The molecule has 1 aliphatic heterocycles. The van der Waals surface area contributed by atoms with Gasteiger partial charge >= 0.3 is 0 Å². The van der Waals surface area contributed by atoms with Crippen LogP contribution in [-0.2, 0) is 4.79 Å². The molecule has 8 heteroatoms. The number of benzene rings is 2. The summed E-state index contributed by atoms with van der Waals surface area (Å²) in [6.45, 7) is 2.25. The Morgan fingerprint density at radius 3 is 2.62 bits per heavy atom. The van der Waals surface area contributed by atoms with Gasteiger partial charge in [-0.3, -0.25) is 4.79 Å². The first-order valence-electron chi connectivity index (χ1n) is 14.1. The van der Waals surface area contributed by atoms with Crippen molar-refractivity contribution >= 4 is 30.7 Å². The molecule has 2 aromatic carbocycles. The lowest BCUT2D eigenvalue weighted by atomic mass is 9.83. The molecule has 7 nitrogen and oxygen atoms in total. The van der Waals surface area contributed by atoms with Crippen molar-refractivity contribution in [2.24, 2.45) is 11.8 Å². The number of phenols is 1. The molecule has 4 aromatic rings. The van der Waals surface area contributed by atoms with Gasteiger partial charge in [0, 0.05) is 37.5 Å². The second-order valence-corrected chi connectivity index (χ2v) is 11.0. The molecule has 2 atom stereocenters. The molecule has 0 bridgehead atoms. The third-order valence-corrected chi connectivity index (χ3v) is 8.38. The minimum absolute atomic E-state index is 0.0478. The smallest absolute Gasteiger partial charge is 0.230 e. The Labute approximate surface area is 230 Å². The van der Waals surface area contributed by atoms with Crippen molar-refractivity contribution in [2.75, 3.05) is 25.0 Å². The number of para-hydroxylation sites is 1. The molecule has 1 saturated heterocycles. The summed E-state index contributed by atoms with van der Waals surface area (Å²) in [6.07, 6.45) is 8.34. The number of amides is 1. The monoisotopic (exact) mass is 519 g/mol. The first-order valence-corrected chi connectivity index (χ1v) is 14.1. The van der Waals surface area contributed by atoms with E-state index in [1.54, 1.807) is 22.8 Å². The normalized spacial score (nSPS) is 18.9. The van der Waals surface area contributed by atoms with Crippen LogP contribution in [-0.4, -0.2) is 58.0 Å². The zero-order chi connectivity index (χ0) is 26.8. The molecule has 2 aromatic heterocycles. The number of aromatic hydroxyl groups is 1. The number of fused-ring (bicyclic) bond motifs is 1. The fourth-order valence-electron chi connectivity index (χ4n) is 6.38. The van der Waals surface area contributed by atoms with E-state index in [2.05, 4.69) is 44.6 Å². The number of nitrogens with one attached hydrogen (secondary N) is 1. The van der Waals surface area contributed by atoms with Gasteiger partial charge in [-0.15, -0.1) is 0 Å². The minimum atomic E-state index is -0.0478. The lowest BCUT2D eigenvalue weighted by Crippen LogP contribution is -2.45. The molecular weight excluding hydrogens is 485 g/mol. The van der Waals surface area contributed by atoms with Crippen LogP contribution in [0.5, 0.6) is 5.75 Å². The Kier molecular flexibility index (Phi) is 7.27. The fourth-order valence-corrected chi connectivity index (χ4v) is 6.38. The van der Waals surface area contributed by atoms with E-state index in [9.17, 15) is 9.90 Å². The number of anilines is 1. The number of carbonyl (C=O) groups is 1. The van der Waals surface area contributed by atoms with Gasteiger partial charge in [0.2, 0.25) is 5.91 Å². The molecule has 1 aliphatic carbocycles. The summed E-state index contributed by atoms with van der Waals surface area (Å²) in [5, 5.41) is 18.4. The van der Waals surface area contributed by atoms with Crippen LogP contribution in [0.4, 0.5) is 5.82 Å². The number of rotatable bonds is 7. The Bertz CT molecular complexity index is 1450. The van der Waals surface area contributed by atoms with Crippen molar-refractivity contribution in [3.63, 3.8) is 0 Å². The molecule has 0 spiro atoms. The van der Waals surface area contributed by atoms with E-state index in [4.69, 9.17) is 7.85 Å². The summed E-state index contributed by atoms with van der Waals surface area (Å²) in [5.74, 6) is 1.90. The van der Waals surface area contributed by atoms with Crippen molar-refractivity contribution in [2.45, 2.75) is 44.4 Å². The molecular formula is C31H34BN5O2. The van der Waals surface area contributed by atoms with Gasteiger partial charge < -0.3 is 15.3 Å². The Balaban J connectivity index is 1.20. The van der Waals surface area contributed by atoms with Crippen molar-refractivity contribution in [1.82, 2.24) is 19.5 Å². The van der Waals surface area contributed by atoms with E-state index in [0.29, 0.717) is 40.7 Å². The van der Waals surface area contributed by atoms with Crippen molar-refractivity contribution in [3.8, 4) is 17.0 Å². The molecule has 2 radical (unpaired) electrons. The zero-order valence-corrected chi connectivity index (χ0v) is 22.2. The maximum atomic E-state index is 14.0. The highest BCUT2D eigenvalue weighted by Crippen LogP contribution is 2.39. The molecule has 1 amide bonds. The van der Waals surface area contributed by atoms with E-state index in [1.165, 1.54) is 12.8 Å². The van der Waals surface area contributed by atoms with Crippen molar-refractivity contribution in [1.29, 1.82) is 0 Å². The molecule has 2 aliphatic rings. The Morgan fingerprint density at radius 2 is 1.82 bits per heavy atom. The average Bonchev–Trinajstić information content (AvgIpc) is 3.63. The standard InChI is InChI=1S/C31H34BN5O2/c32-25-19-34-37-28(17-26(35-30(25)37)24-14-6-7-15-27(24)38)33-18-21-9-8-16-36(20-21)31(39)29(23-12-4-5-13-23)22-10-2-1-3-11-22/h1-3,6-7,10-11,14-15,17,19,21,23,29,33,38H,4-5,8-9,12-13,16,18,20H2. The number of hydrogen-bond donors (Lipinski definition) is 2. The van der Waals surface area contributed by atoms with Crippen LogP contribution in [0.2, 0.25) is 0 Å². The predicted octanol–water partition coefficient (Wildman–Crippen LogP) is 4.52.